The van der Waals surface area contributed by atoms with Crippen LogP contribution in [0, 0.1) is 5.92 Å². The summed E-state index contributed by atoms with van der Waals surface area (Å²) < 4.78 is 0. The highest BCUT2D eigenvalue weighted by molar-refractivity contribution is 6.17. The zero-order chi connectivity index (χ0) is 12.1. The lowest BCUT2D eigenvalue weighted by Gasteiger charge is -2.12. The van der Waals surface area contributed by atoms with Crippen molar-refractivity contribution >= 4 is 28.2 Å². The first-order valence-corrected chi connectivity index (χ1v) is 6.35. The summed E-state index contributed by atoms with van der Waals surface area (Å²) in [6, 6.07) is 8.11. The Bertz CT molecular complexity index is 482. The van der Waals surface area contributed by atoms with E-state index in [1.807, 2.05) is 18.2 Å². The number of aromatic nitrogens is 2. The molecule has 1 aromatic carbocycles. The summed E-state index contributed by atoms with van der Waals surface area (Å²) in [4.78, 5) is 0. The molecule has 1 aromatic heterocycles. The fraction of sp³-hybridized carbons (Fsp3) is 0.385. The molecule has 1 heterocycles. The molecule has 3 nitrogen and oxygen atoms in total. The van der Waals surface area contributed by atoms with Gasteiger partial charge in [0.05, 0.1) is 6.20 Å². The van der Waals surface area contributed by atoms with Gasteiger partial charge in [-0.2, -0.15) is 5.10 Å². The Labute approximate surface area is 106 Å². The molecule has 2 rings (SSSR count). The Morgan fingerprint density at radius 3 is 3.00 bits per heavy atom. The van der Waals surface area contributed by atoms with E-state index in [1.165, 1.54) is 0 Å². The van der Waals surface area contributed by atoms with E-state index < -0.39 is 0 Å². The molecule has 2 aromatic rings. The third-order valence-corrected chi connectivity index (χ3v) is 3.01. The van der Waals surface area contributed by atoms with Crippen molar-refractivity contribution in [1.82, 2.24) is 10.2 Å². The van der Waals surface area contributed by atoms with Crippen LogP contribution in [0.4, 0.5) is 5.82 Å². The predicted molar refractivity (Wildman–Crippen MR) is 72.5 cm³/mol. The molecule has 0 fully saturated rings. The van der Waals surface area contributed by atoms with Crippen molar-refractivity contribution in [2.45, 2.75) is 13.3 Å². The molecular formula is C13H16ClN3. The molecule has 0 bridgehead atoms. The first kappa shape index (κ1) is 12.1. The van der Waals surface area contributed by atoms with Crippen molar-refractivity contribution in [2.24, 2.45) is 5.92 Å². The minimum atomic E-state index is 0.535. The molecule has 1 unspecified atom stereocenters. The van der Waals surface area contributed by atoms with Gasteiger partial charge in [0.2, 0.25) is 0 Å². The third-order valence-electron chi connectivity index (χ3n) is 2.79. The van der Waals surface area contributed by atoms with Crippen LogP contribution in [0.3, 0.4) is 0 Å². The van der Waals surface area contributed by atoms with E-state index in [2.05, 4.69) is 28.5 Å². The Morgan fingerprint density at radius 1 is 1.35 bits per heavy atom. The second-order valence-corrected chi connectivity index (χ2v) is 4.62. The number of nitrogens with one attached hydrogen (secondary N) is 1. The first-order chi connectivity index (χ1) is 8.31. The van der Waals surface area contributed by atoms with Gasteiger partial charge < -0.3 is 5.32 Å². The summed E-state index contributed by atoms with van der Waals surface area (Å²) in [5.74, 6) is 2.09. The quantitative estimate of drug-likeness (QED) is 0.827. The zero-order valence-electron chi connectivity index (χ0n) is 9.86. The molecule has 1 N–H and O–H groups in total. The van der Waals surface area contributed by atoms with Gasteiger partial charge in [-0.25, -0.2) is 0 Å². The van der Waals surface area contributed by atoms with Crippen LogP contribution in [0.15, 0.2) is 30.5 Å². The van der Waals surface area contributed by atoms with Crippen molar-refractivity contribution in [3.63, 3.8) is 0 Å². The third kappa shape index (κ3) is 3.07. The maximum absolute atomic E-state index is 5.72. The lowest BCUT2D eigenvalue weighted by Crippen LogP contribution is -2.13. The van der Waals surface area contributed by atoms with E-state index >= 15 is 0 Å². The van der Waals surface area contributed by atoms with Crippen LogP contribution in [0.25, 0.3) is 10.8 Å². The molecule has 0 saturated carbocycles. The molecule has 0 radical (unpaired) electrons. The number of nitrogens with zero attached hydrogens (tertiary/aromatic N) is 2. The SMILES string of the molecule is CC(CCCl)CNc1nncc2ccccc12. The number of alkyl halides is 1. The summed E-state index contributed by atoms with van der Waals surface area (Å²) in [5, 5.41) is 13.7. The van der Waals surface area contributed by atoms with E-state index in [0.717, 1.165) is 29.6 Å². The van der Waals surface area contributed by atoms with Gasteiger partial charge in [0.15, 0.2) is 5.82 Å². The van der Waals surface area contributed by atoms with Crippen LogP contribution in [0.2, 0.25) is 0 Å². The number of fused-ring (bicyclic) bond motifs is 1. The van der Waals surface area contributed by atoms with Crippen molar-refractivity contribution in [1.29, 1.82) is 0 Å². The van der Waals surface area contributed by atoms with Crippen LogP contribution in [-0.2, 0) is 0 Å². The second-order valence-electron chi connectivity index (χ2n) is 4.24. The summed E-state index contributed by atoms with van der Waals surface area (Å²) in [7, 11) is 0. The molecule has 0 aliphatic carbocycles. The minimum absolute atomic E-state index is 0.535. The van der Waals surface area contributed by atoms with Gasteiger partial charge in [0.25, 0.3) is 0 Å². The van der Waals surface area contributed by atoms with Crippen molar-refractivity contribution in [3.8, 4) is 0 Å². The maximum atomic E-state index is 5.72. The molecule has 0 aliphatic rings. The zero-order valence-corrected chi connectivity index (χ0v) is 10.6. The Hall–Kier alpha value is -1.35. The highest BCUT2D eigenvalue weighted by Crippen LogP contribution is 2.19. The molecule has 0 spiro atoms. The number of rotatable bonds is 5. The van der Waals surface area contributed by atoms with E-state index in [1.54, 1.807) is 6.20 Å². The van der Waals surface area contributed by atoms with E-state index in [0.29, 0.717) is 11.8 Å². The predicted octanol–water partition coefficient (Wildman–Crippen LogP) is 3.31. The average molecular weight is 250 g/mol. The number of anilines is 1. The normalized spacial score (nSPS) is 12.6. The molecule has 17 heavy (non-hydrogen) atoms. The molecule has 90 valence electrons. The lowest BCUT2D eigenvalue weighted by atomic mass is 10.1. The Morgan fingerprint density at radius 2 is 2.18 bits per heavy atom. The number of hydrogen-bond acceptors (Lipinski definition) is 3. The van der Waals surface area contributed by atoms with E-state index in [9.17, 15) is 0 Å². The number of benzene rings is 1. The van der Waals surface area contributed by atoms with Gasteiger partial charge in [0, 0.05) is 23.2 Å². The molecule has 0 aliphatic heterocycles. The topological polar surface area (TPSA) is 37.8 Å². The van der Waals surface area contributed by atoms with Crippen molar-refractivity contribution in [3.05, 3.63) is 30.5 Å². The van der Waals surface area contributed by atoms with Crippen LogP contribution >= 0.6 is 11.6 Å². The van der Waals surface area contributed by atoms with Crippen LogP contribution in [0.1, 0.15) is 13.3 Å². The maximum Gasteiger partial charge on any atom is 0.156 e. The van der Waals surface area contributed by atoms with Gasteiger partial charge >= 0.3 is 0 Å². The number of halogens is 1. The van der Waals surface area contributed by atoms with Crippen LogP contribution < -0.4 is 5.32 Å². The summed E-state index contributed by atoms with van der Waals surface area (Å²) in [6.07, 6.45) is 2.79. The second kappa shape index (κ2) is 5.82. The summed E-state index contributed by atoms with van der Waals surface area (Å²) in [5.41, 5.74) is 0. The fourth-order valence-electron chi connectivity index (χ4n) is 1.72. The van der Waals surface area contributed by atoms with Crippen LogP contribution in [0.5, 0.6) is 0 Å². The van der Waals surface area contributed by atoms with E-state index in [-0.39, 0.29) is 0 Å². The highest BCUT2D eigenvalue weighted by Gasteiger charge is 2.05. The molecular weight excluding hydrogens is 234 g/mol. The van der Waals surface area contributed by atoms with Gasteiger partial charge in [-0.3, -0.25) is 0 Å². The Kier molecular flexibility index (Phi) is 4.15. The Balaban J connectivity index is 2.13. The molecule has 4 heteroatoms. The molecule has 0 amide bonds. The van der Waals surface area contributed by atoms with Crippen LogP contribution in [-0.4, -0.2) is 22.6 Å². The monoisotopic (exact) mass is 249 g/mol. The van der Waals surface area contributed by atoms with Crippen molar-refractivity contribution in [2.75, 3.05) is 17.7 Å². The summed E-state index contributed by atoms with van der Waals surface area (Å²) in [6.45, 7) is 3.04. The number of hydrogen-bond donors (Lipinski definition) is 1. The first-order valence-electron chi connectivity index (χ1n) is 5.81. The minimum Gasteiger partial charge on any atom is -0.368 e. The largest absolute Gasteiger partial charge is 0.368 e. The van der Waals surface area contributed by atoms with Gasteiger partial charge in [-0.1, -0.05) is 31.2 Å². The fourth-order valence-corrected chi connectivity index (χ4v) is 2.09. The smallest absolute Gasteiger partial charge is 0.156 e. The standard InChI is InChI=1S/C13H16ClN3/c1-10(6-7-14)8-15-13-12-5-3-2-4-11(12)9-16-17-13/h2-5,9-10H,6-8H2,1H3,(H,15,17). The van der Waals surface area contributed by atoms with Gasteiger partial charge in [-0.15, -0.1) is 16.7 Å². The lowest BCUT2D eigenvalue weighted by molar-refractivity contribution is 0.596. The van der Waals surface area contributed by atoms with Gasteiger partial charge in [0.1, 0.15) is 0 Å². The molecule has 1 atom stereocenters. The highest BCUT2D eigenvalue weighted by atomic mass is 35.5. The van der Waals surface area contributed by atoms with Crippen molar-refractivity contribution < 1.29 is 0 Å². The molecule has 0 saturated heterocycles. The van der Waals surface area contributed by atoms with Gasteiger partial charge in [-0.05, 0) is 12.3 Å². The summed E-state index contributed by atoms with van der Waals surface area (Å²) >= 11 is 5.72. The average Bonchev–Trinajstić information content (AvgIpc) is 2.36. The van der Waals surface area contributed by atoms with E-state index in [4.69, 9.17) is 11.6 Å².